The Labute approximate surface area is 140 Å². The van der Waals surface area contributed by atoms with Crippen molar-refractivity contribution in [1.29, 1.82) is 0 Å². The summed E-state index contributed by atoms with van der Waals surface area (Å²) in [6, 6.07) is 6.67. The number of hydrogen-bond donors (Lipinski definition) is 1. The molecule has 0 aliphatic heterocycles. The highest BCUT2D eigenvalue weighted by Gasteiger charge is 2.25. The van der Waals surface area contributed by atoms with Gasteiger partial charge in [0.1, 0.15) is 11.6 Å². The molecule has 2 aromatic rings. The van der Waals surface area contributed by atoms with Crippen LogP contribution in [-0.2, 0) is 0 Å². The van der Waals surface area contributed by atoms with E-state index in [-0.39, 0.29) is 10.0 Å². The second-order valence-electron chi connectivity index (χ2n) is 4.41. The van der Waals surface area contributed by atoms with Crippen molar-refractivity contribution in [3.8, 4) is 0 Å². The third-order valence-electron chi connectivity index (χ3n) is 3.05. The summed E-state index contributed by atoms with van der Waals surface area (Å²) in [6.07, 6.45) is 0. The monoisotopic (exact) mass is 393 g/mol. The molecule has 2 aromatic carbocycles. The molecule has 2 rings (SSSR count). The number of benzene rings is 2. The first-order valence-electron chi connectivity index (χ1n) is 6.27. The van der Waals surface area contributed by atoms with Crippen LogP contribution in [0.5, 0.6) is 0 Å². The maximum Gasteiger partial charge on any atom is 0.145 e. The van der Waals surface area contributed by atoms with Crippen molar-refractivity contribution in [3.63, 3.8) is 0 Å². The van der Waals surface area contributed by atoms with E-state index in [0.717, 1.165) is 0 Å². The van der Waals surface area contributed by atoms with Gasteiger partial charge in [-0.15, -0.1) is 0 Å². The fourth-order valence-corrected chi connectivity index (χ4v) is 2.87. The van der Waals surface area contributed by atoms with Crippen LogP contribution in [0.3, 0.4) is 0 Å². The van der Waals surface area contributed by atoms with Crippen molar-refractivity contribution in [3.05, 3.63) is 67.6 Å². The number of nitrogens with one attached hydrogen (secondary N) is 1. The molecule has 0 amide bonds. The molecule has 1 unspecified atom stereocenters. The van der Waals surface area contributed by atoms with Crippen LogP contribution in [0, 0.1) is 11.6 Å². The van der Waals surface area contributed by atoms with E-state index >= 15 is 0 Å². The van der Waals surface area contributed by atoms with Gasteiger partial charge in [-0.2, -0.15) is 0 Å². The van der Waals surface area contributed by atoms with E-state index in [2.05, 4.69) is 21.2 Å². The minimum atomic E-state index is -0.723. The molecule has 0 aliphatic rings. The molecule has 1 N–H and O–H groups in total. The summed E-state index contributed by atoms with van der Waals surface area (Å²) >= 11 is 15.2. The van der Waals surface area contributed by atoms with Gasteiger partial charge in [-0.25, -0.2) is 8.78 Å². The highest BCUT2D eigenvalue weighted by atomic mass is 79.9. The summed E-state index contributed by atoms with van der Waals surface area (Å²) in [6.45, 7) is 2.36. The largest absolute Gasteiger partial charge is 0.306 e. The smallest absolute Gasteiger partial charge is 0.145 e. The van der Waals surface area contributed by atoms with Crippen molar-refractivity contribution in [2.24, 2.45) is 0 Å². The average molecular weight is 395 g/mol. The highest BCUT2D eigenvalue weighted by Crippen LogP contribution is 2.35. The van der Waals surface area contributed by atoms with Crippen molar-refractivity contribution >= 4 is 39.1 Å². The zero-order chi connectivity index (χ0) is 15.6. The minimum absolute atomic E-state index is 0.0876. The topological polar surface area (TPSA) is 12.0 Å². The van der Waals surface area contributed by atoms with Gasteiger partial charge in [0.2, 0.25) is 0 Å². The van der Waals surface area contributed by atoms with Crippen LogP contribution < -0.4 is 5.32 Å². The third kappa shape index (κ3) is 3.57. The molecule has 0 aliphatic carbocycles. The van der Waals surface area contributed by atoms with Crippen LogP contribution in [0.4, 0.5) is 8.78 Å². The predicted octanol–water partition coefficient (Wildman–Crippen LogP) is 5.73. The third-order valence-corrected chi connectivity index (χ3v) is 4.24. The second kappa shape index (κ2) is 7.05. The lowest BCUT2D eigenvalue weighted by molar-refractivity contribution is 0.507. The number of rotatable bonds is 4. The van der Waals surface area contributed by atoms with E-state index in [1.165, 1.54) is 12.1 Å². The van der Waals surface area contributed by atoms with E-state index in [0.29, 0.717) is 22.2 Å². The van der Waals surface area contributed by atoms with E-state index in [4.69, 9.17) is 23.2 Å². The van der Waals surface area contributed by atoms with Crippen LogP contribution in [-0.4, -0.2) is 6.54 Å². The van der Waals surface area contributed by atoms with Crippen LogP contribution in [0.15, 0.2) is 34.8 Å². The average Bonchev–Trinajstić information content (AvgIpc) is 2.45. The molecule has 112 valence electrons. The van der Waals surface area contributed by atoms with Crippen LogP contribution in [0.2, 0.25) is 10.0 Å². The summed E-state index contributed by atoms with van der Waals surface area (Å²) in [7, 11) is 0. The van der Waals surface area contributed by atoms with Gasteiger partial charge < -0.3 is 5.32 Å². The van der Waals surface area contributed by atoms with Crippen molar-refractivity contribution in [2.75, 3.05) is 6.54 Å². The molecule has 0 spiro atoms. The first-order chi connectivity index (χ1) is 9.95. The molecule has 0 saturated carbocycles. The second-order valence-corrected chi connectivity index (χ2v) is 6.11. The predicted molar refractivity (Wildman–Crippen MR) is 86.0 cm³/mol. The maximum atomic E-state index is 14.4. The maximum absolute atomic E-state index is 14.4. The Hall–Kier alpha value is -0.680. The van der Waals surface area contributed by atoms with Crippen molar-refractivity contribution in [2.45, 2.75) is 13.0 Å². The Morgan fingerprint density at radius 2 is 1.90 bits per heavy atom. The molecule has 0 bridgehead atoms. The van der Waals surface area contributed by atoms with Crippen molar-refractivity contribution < 1.29 is 8.78 Å². The quantitative estimate of drug-likeness (QED) is 0.652. The normalized spacial score (nSPS) is 12.5. The SMILES string of the molecule is CCNC(c1cc(Cl)ccc1Cl)c1c(F)ccc(Br)c1F. The number of halogens is 5. The fourth-order valence-electron chi connectivity index (χ4n) is 2.11. The molecule has 0 saturated heterocycles. The molecule has 1 nitrogen and oxygen atoms in total. The molecule has 0 heterocycles. The molecule has 0 fully saturated rings. The van der Waals surface area contributed by atoms with Crippen LogP contribution in [0.25, 0.3) is 0 Å². The van der Waals surface area contributed by atoms with Gasteiger partial charge in [0.05, 0.1) is 10.5 Å². The van der Waals surface area contributed by atoms with Gasteiger partial charge in [-0.3, -0.25) is 0 Å². The van der Waals surface area contributed by atoms with Gasteiger partial charge in [-0.05, 0) is 58.4 Å². The van der Waals surface area contributed by atoms with E-state index in [9.17, 15) is 8.78 Å². The van der Waals surface area contributed by atoms with Gasteiger partial charge in [0, 0.05) is 15.6 Å². The Bertz CT molecular complexity index is 664. The molecule has 21 heavy (non-hydrogen) atoms. The minimum Gasteiger partial charge on any atom is -0.306 e. The first-order valence-corrected chi connectivity index (χ1v) is 7.82. The van der Waals surface area contributed by atoms with E-state index < -0.39 is 17.7 Å². The summed E-state index contributed by atoms with van der Waals surface area (Å²) in [4.78, 5) is 0. The molecule has 6 heteroatoms. The highest BCUT2D eigenvalue weighted by molar-refractivity contribution is 9.10. The lowest BCUT2D eigenvalue weighted by atomic mass is 9.97. The lowest BCUT2D eigenvalue weighted by Gasteiger charge is -2.22. The lowest BCUT2D eigenvalue weighted by Crippen LogP contribution is -2.24. The van der Waals surface area contributed by atoms with Crippen LogP contribution in [0.1, 0.15) is 24.1 Å². The zero-order valence-corrected chi connectivity index (χ0v) is 14.2. The molecule has 1 atom stereocenters. The number of hydrogen-bond acceptors (Lipinski definition) is 1. The van der Waals surface area contributed by atoms with E-state index in [1.54, 1.807) is 18.2 Å². The van der Waals surface area contributed by atoms with Gasteiger partial charge in [0.25, 0.3) is 0 Å². The molecule has 0 radical (unpaired) electrons. The fraction of sp³-hybridized carbons (Fsp3) is 0.200. The molecular weight excluding hydrogens is 383 g/mol. The molecule has 0 aromatic heterocycles. The standard InChI is InChI=1S/C15H12BrCl2F2N/c1-2-21-15(9-7-8(17)3-5-11(9)18)13-12(19)6-4-10(16)14(13)20/h3-7,15,21H,2H2,1H3. The van der Waals surface area contributed by atoms with Gasteiger partial charge in [-0.1, -0.05) is 30.1 Å². The first kappa shape index (κ1) is 16.7. The Morgan fingerprint density at radius 1 is 1.19 bits per heavy atom. The van der Waals surface area contributed by atoms with Crippen LogP contribution >= 0.6 is 39.1 Å². The summed E-state index contributed by atoms with van der Waals surface area (Å²) in [5.74, 6) is -1.30. The Balaban J connectivity index is 2.64. The Kier molecular flexibility index (Phi) is 5.60. The summed E-state index contributed by atoms with van der Waals surface area (Å²) in [5.41, 5.74) is 0.442. The Morgan fingerprint density at radius 3 is 2.57 bits per heavy atom. The van der Waals surface area contributed by atoms with E-state index in [1.807, 2.05) is 6.92 Å². The molecular formula is C15H12BrCl2F2N. The van der Waals surface area contributed by atoms with Gasteiger partial charge >= 0.3 is 0 Å². The summed E-state index contributed by atoms with van der Waals surface area (Å²) < 4.78 is 28.7. The van der Waals surface area contributed by atoms with Crippen molar-refractivity contribution in [1.82, 2.24) is 5.32 Å². The summed E-state index contributed by atoms with van der Waals surface area (Å²) in [5, 5.41) is 3.89. The van der Waals surface area contributed by atoms with Gasteiger partial charge in [0.15, 0.2) is 0 Å². The zero-order valence-electron chi connectivity index (χ0n) is 11.1.